The fraction of sp³-hybridized carbons (Fsp3) is 0.385. The van der Waals surface area contributed by atoms with Gasteiger partial charge in [0.25, 0.3) is 0 Å². The molecular formula is C13H14F3N3OS. The lowest BCUT2D eigenvalue weighted by Crippen LogP contribution is -2.17. The molecule has 2 aromatic rings. The van der Waals surface area contributed by atoms with Crippen molar-refractivity contribution in [2.24, 2.45) is 0 Å². The highest BCUT2D eigenvalue weighted by Crippen LogP contribution is 2.25. The first kappa shape index (κ1) is 15.6. The van der Waals surface area contributed by atoms with E-state index in [4.69, 9.17) is 0 Å². The van der Waals surface area contributed by atoms with Gasteiger partial charge in [-0.1, -0.05) is 6.92 Å². The second-order valence-corrected chi connectivity index (χ2v) is 5.46. The number of hydrogen-bond acceptors (Lipinski definition) is 5. The minimum atomic E-state index is -4.71. The Hall–Kier alpha value is -1.83. The van der Waals surface area contributed by atoms with E-state index in [1.54, 1.807) is 11.3 Å². The molecule has 2 heterocycles. The molecular weight excluding hydrogens is 303 g/mol. The SMILES string of the molecule is CCc1cnc(C(C)Nc2ccc(OC(F)(F)F)cn2)s1. The molecule has 0 aliphatic carbocycles. The first-order valence-corrected chi connectivity index (χ1v) is 7.12. The van der Waals surface area contributed by atoms with Gasteiger partial charge in [-0.2, -0.15) is 0 Å². The van der Waals surface area contributed by atoms with Crippen LogP contribution in [0.3, 0.4) is 0 Å². The maximum absolute atomic E-state index is 12.0. The van der Waals surface area contributed by atoms with Crippen molar-refractivity contribution >= 4 is 17.2 Å². The summed E-state index contributed by atoms with van der Waals surface area (Å²) in [5.41, 5.74) is 0. The molecule has 2 aromatic heterocycles. The summed E-state index contributed by atoms with van der Waals surface area (Å²) >= 11 is 1.60. The third-order valence-electron chi connectivity index (χ3n) is 2.62. The monoisotopic (exact) mass is 317 g/mol. The lowest BCUT2D eigenvalue weighted by Gasteiger charge is -2.13. The van der Waals surface area contributed by atoms with Crippen molar-refractivity contribution in [3.63, 3.8) is 0 Å². The molecule has 0 fully saturated rings. The van der Waals surface area contributed by atoms with E-state index in [-0.39, 0.29) is 11.8 Å². The van der Waals surface area contributed by atoms with E-state index in [1.807, 2.05) is 13.1 Å². The quantitative estimate of drug-likeness (QED) is 0.899. The number of anilines is 1. The van der Waals surface area contributed by atoms with E-state index in [1.165, 1.54) is 17.0 Å². The Morgan fingerprint density at radius 2 is 2.05 bits per heavy atom. The van der Waals surface area contributed by atoms with Gasteiger partial charge in [0.15, 0.2) is 0 Å². The van der Waals surface area contributed by atoms with Crippen LogP contribution in [-0.4, -0.2) is 16.3 Å². The summed E-state index contributed by atoms with van der Waals surface area (Å²) in [5.74, 6) is 0.119. The predicted octanol–water partition coefficient (Wildman–Crippen LogP) is 4.17. The van der Waals surface area contributed by atoms with Crippen LogP contribution in [0.25, 0.3) is 0 Å². The molecule has 1 atom stereocenters. The number of aryl methyl sites for hydroxylation is 1. The average Bonchev–Trinajstić information content (AvgIpc) is 2.88. The number of hydrogen-bond donors (Lipinski definition) is 1. The highest BCUT2D eigenvalue weighted by molar-refractivity contribution is 7.11. The molecule has 114 valence electrons. The highest BCUT2D eigenvalue weighted by atomic mass is 32.1. The fourth-order valence-corrected chi connectivity index (χ4v) is 2.49. The number of alkyl halides is 3. The Labute approximate surface area is 124 Å². The number of aromatic nitrogens is 2. The van der Waals surface area contributed by atoms with Crippen molar-refractivity contribution in [1.29, 1.82) is 0 Å². The highest BCUT2D eigenvalue weighted by Gasteiger charge is 2.31. The summed E-state index contributed by atoms with van der Waals surface area (Å²) < 4.78 is 39.9. The number of ether oxygens (including phenoxy) is 1. The Morgan fingerprint density at radius 1 is 1.29 bits per heavy atom. The fourth-order valence-electron chi connectivity index (χ4n) is 1.63. The lowest BCUT2D eigenvalue weighted by molar-refractivity contribution is -0.274. The normalized spacial score (nSPS) is 13.0. The molecule has 0 radical (unpaired) electrons. The third kappa shape index (κ3) is 4.59. The van der Waals surface area contributed by atoms with Crippen LogP contribution in [0.5, 0.6) is 5.75 Å². The van der Waals surface area contributed by atoms with Crippen LogP contribution in [0.1, 0.15) is 29.8 Å². The van der Waals surface area contributed by atoms with E-state index in [0.29, 0.717) is 5.82 Å². The van der Waals surface area contributed by atoms with E-state index >= 15 is 0 Å². The van der Waals surface area contributed by atoms with Crippen LogP contribution >= 0.6 is 11.3 Å². The summed E-state index contributed by atoms with van der Waals surface area (Å²) in [6, 6.07) is 2.58. The van der Waals surface area contributed by atoms with Gasteiger partial charge in [-0.05, 0) is 25.5 Å². The van der Waals surface area contributed by atoms with Gasteiger partial charge in [0.05, 0.1) is 12.2 Å². The van der Waals surface area contributed by atoms with Gasteiger partial charge >= 0.3 is 6.36 Å². The number of pyridine rings is 1. The smallest absolute Gasteiger partial charge is 0.404 e. The van der Waals surface area contributed by atoms with Crippen molar-refractivity contribution in [1.82, 2.24) is 9.97 Å². The maximum atomic E-state index is 12.0. The molecule has 2 rings (SSSR count). The van der Waals surface area contributed by atoms with Crippen molar-refractivity contribution in [3.05, 3.63) is 34.4 Å². The molecule has 1 N–H and O–H groups in total. The average molecular weight is 317 g/mol. The van der Waals surface area contributed by atoms with Crippen LogP contribution in [-0.2, 0) is 6.42 Å². The summed E-state index contributed by atoms with van der Waals surface area (Å²) in [6.45, 7) is 3.97. The lowest BCUT2D eigenvalue weighted by atomic mass is 10.3. The minimum absolute atomic E-state index is 0.0721. The topological polar surface area (TPSA) is 47.0 Å². The summed E-state index contributed by atoms with van der Waals surface area (Å²) in [6.07, 6.45) is -0.929. The molecule has 0 aliphatic rings. The van der Waals surface area contributed by atoms with E-state index in [0.717, 1.165) is 17.6 Å². The Morgan fingerprint density at radius 3 is 2.57 bits per heavy atom. The molecule has 8 heteroatoms. The second-order valence-electron chi connectivity index (χ2n) is 4.31. The van der Waals surface area contributed by atoms with Crippen molar-refractivity contribution in [2.75, 3.05) is 5.32 Å². The molecule has 21 heavy (non-hydrogen) atoms. The zero-order valence-electron chi connectivity index (χ0n) is 11.4. The number of rotatable bonds is 5. The van der Waals surface area contributed by atoms with Crippen LogP contribution in [0.2, 0.25) is 0 Å². The van der Waals surface area contributed by atoms with Gasteiger partial charge in [0.1, 0.15) is 16.6 Å². The van der Waals surface area contributed by atoms with E-state index in [9.17, 15) is 13.2 Å². The second kappa shape index (κ2) is 6.30. The van der Waals surface area contributed by atoms with Gasteiger partial charge in [-0.3, -0.25) is 0 Å². The number of nitrogens with zero attached hydrogens (tertiary/aromatic N) is 2. The first-order valence-electron chi connectivity index (χ1n) is 6.30. The maximum Gasteiger partial charge on any atom is 0.573 e. The molecule has 1 unspecified atom stereocenters. The molecule has 0 amide bonds. The van der Waals surface area contributed by atoms with E-state index < -0.39 is 6.36 Å². The molecule has 0 spiro atoms. The molecule has 0 aliphatic heterocycles. The number of thiazole rings is 1. The number of halogens is 3. The predicted molar refractivity (Wildman–Crippen MR) is 74.4 cm³/mol. The number of nitrogens with one attached hydrogen (secondary N) is 1. The molecule has 4 nitrogen and oxygen atoms in total. The van der Waals surface area contributed by atoms with Crippen LogP contribution in [0.4, 0.5) is 19.0 Å². The summed E-state index contributed by atoms with van der Waals surface area (Å²) in [5, 5.41) is 3.99. The van der Waals surface area contributed by atoms with Crippen LogP contribution in [0, 0.1) is 0 Å². The van der Waals surface area contributed by atoms with Gasteiger partial charge < -0.3 is 10.1 Å². The Balaban J connectivity index is 1.99. The Bertz CT molecular complexity index is 583. The molecule has 0 saturated carbocycles. The first-order chi connectivity index (χ1) is 9.87. The van der Waals surface area contributed by atoms with Crippen molar-refractivity contribution in [3.8, 4) is 5.75 Å². The van der Waals surface area contributed by atoms with Crippen LogP contribution < -0.4 is 10.1 Å². The van der Waals surface area contributed by atoms with Crippen LogP contribution in [0.15, 0.2) is 24.5 Å². The largest absolute Gasteiger partial charge is 0.573 e. The van der Waals surface area contributed by atoms with Gasteiger partial charge in [0, 0.05) is 11.1 Å². The van der Waals surface area contributed by atoms with Gasteiger partial charge in [-0.25, -0.2) is 9.97 Å². The minimum Gasteiger partial charge on any atom is -0.404 e. The molecule has 0 bridgehead atoms. The third-order valence-corrected chi connectivity index (χ3v) is 3.95. The van der Waals surface area contributed by atoms with Gasteiger partial charge in [0.2, 0.25) is 0 Å². The Kier molecular flexibility index (Phi) is 4.66. The van der Waals surface area contributed by atoms with Crippen molar-refractivity contribution < 1.29 is 17.9 Å². The summed E-state index contributed by atoms with van der Waals surface area (Å²) in [4.78, 5) is 9.38. The van der Waals surface area contributed by atoms with Crippen molar-refractivity contribution in [2.45, 2.75) is 32.7 Å². The standard InChI is InChI=1S/C13H14F3N3OS/c1-3-10-7-18-12(21-10)8(2)19-11-5-4-9(6-17-11)20-13(14,15)16/h4-8H,3H2,1-2H3,(H,17,19). The molecule has 0 saturated heterocycles. The zero-order chi connectivity index (χ0) is 15.5. The van der Waals surface area contributed by atoms with Gasteiger partial charge in [-0.15, -0.1) is 24.5 Å². The molecule has 0 aromatic carbocycles. The summed E-state index contributed by atoms with van der Waals surface area (Å²) in [7, 11) is 0. The van der Waals surface area contributed by atoms with E-state index in [2.05, 4.69) is 26.9 Å². The zero-order valence-corrected chi connectivity index (χ0v) is 12.3.